The third-order valence-corrected chi connectivity index (χ3v) is 3.82. The SMILES string of the molecule is CCN(CC)C(=O)CN(C)CC1CCCCC1. The molecule has 1 aliphatic carbocycles. The van der Waals surface area contributed by atoms with Gasteiger partial charge in [-0.15, -0.1) is 0 Å². The molecule has 0 aromatic rings. The van der Waals surface area contributed by atoms with Crippen LogP contribution in [0.2, 0.25) is 0 Å². The first-order valence-electron chi connectivity index (χ1n) is 7.13. The van der Waals surface area contributed by atoms with Crippen LogP contribution in [0.4, 0.5) is 0 Å². The Kier molecular flexibility index (Phi) is 6.56. The summed E-state index contributed by atoms with van der Waals surface area (Å²) < 4.78 is 0. The highest BCUT2D eigenvalue weighted by atomic mass is 16.2. The van der Waals surface area contributed by atoms with Crippen molar-refractivity contribution >= 4 is 5.91 Å². The summed E-state index contributed by atoms with van der Waals surface area (Å²) >= 11 is 0. The minimum atomic E-state index is 0.272. The van der Waals surface area contributed by atoms with Gasteiger partial charge in [-0.3, -0.25) is 9.69 Å². The lowest BCUT2D eigenvalue weighted by molar-refractivity contribution is -0.131. The summed E-state index contributed by atoms with van der Waals surface area (Å²) in [5, 5.41) is 0. The summed E-state index contributed by atoms with van der Waals surface area (Å²) in [6, 6.07) is 0. The molecule has 3 heteroatoms. The Hall–Kier alpha value is -0.570. The van der Waals surface area contributed by atoms with E-state index in [1.807, 2.05) is 18.7 Å². The minimum absolute atomic E-state index is 0.272. The lowest BCUT2D eigenvalue weighted by atomic mass is 9.89. The third kappa shape index (κ3) is 5.07. The second-order valence-electron chi connectivity index (χ2n) is 5.27. The van der Waals surface area contributed by atoms with Gasteiger partial charge in [0.25, 0.3) is 0 Å². The monoisotopic (exact) mass is 240 g/mol. The fourth-order valence-corrected chi connectivity index (χ4v) is 2.78. The summed E-state index contributed by atoms with van der Waals surface area (Å²) in [7, 11) is 2.08. The molecule has 0 spiro atoms. The predicted molar refractivity (Wildman–Crippen MR) is 72.0 cm³/mol. The van der Waals surface area contributed by atoms with Gasteiger partial charge in [-0.05, 0) is 39.7 Å². The van der Waals surface area contributed by atoms with Gasteiger partial charge in [0.15, 0.2) is 0 Å². The molecule has 100 valence electrons. The van der Waals surface area contributed by atoms with Crippen LogP contribution in [0.5, 0.6) is 0 Å². The molecule has 1 aliphatic rings. The van der Waals surface area contributed by atoms with Gasteiger partial charge in [-0.25, -0.2) is 0 Å². The van der Waals surface area contributed by atoms with Gasteiger partial charge in [0.2, 0.25) is 5.91 Å². The van der Waals surface area contributed by atoms with E-state index in [1.165, 1.54) is 32.1 Å². The van der Waals surface area contributed by atoms with Crippen LogP contribution in [0.15, 0.2) is 0 Å². The van der Waals surface area contributed by atoms with Gasteiger partial charge in [0.05, 0.1) is 6.54 Å². The van der Waals surface area contributed by atoms with Crippen LogP contribution in [-0.2, 0) is 4.79 Å². The summed E-state index contributed by atoms with van der Waals surface area (Å²) in [4.78, 5) is 16.1. The van der Waals surface area contributed by atoms with Crippen LogP contribution in [0.1, 0.15) is 46.0 Å². The van der Waals surface area contributed by atoms with E-state index in [4.69, 9.17) is 0 Å². The zero-order valence-electron chi connectivity index (χ0n) is 11.7. The van der Waals surface area contributed by atoms with Gasteiger partial charge in [-0.1, -0.05) is 19.3 Å². The van der Waals surface area contributed by atoms with Crippen molar-refractivity contribution in [1.29, 1.82) is 0 Å². The molecular weight excluding hydrogens is 212 g/mol. The topological polar surface area (TPSA) is 23.6 Å². The molecule has 0 saturated heterocycles. The molecule has 0 N–H and O–H groups in total. The fourth-order valence-electron chi connectivity index (χ4n) is 2.78. The van der Waals surface area contributed by atoms with Crippen molar-refractivity contribution in [2.24, 2.45) is 5.92 Å². The summed E-state index contributed by atoms with van der Waals surface area (Å²) in [5.74, 6) is 1.09. The molecule has 0 unspecified atom stereocenters. The molecule has 1 fully saturated rings. The smallest absolute Gasteiger partial charge is 0.236 e. The van der Waals surface area contributed by atoms with Gasteiger partial charge < -0.3 is 4.90 Å². The lowest BCUT2D eigenvalue weighted by Crippen LogP contribution is -2.40. The van der Waals surface area contributed by atoms with Gasteiger partial charge >= 0.3 is 0 Å². The highest BCUT2D eigenvalue weighted by Gasteiger charge is 2.18. The lowest BCUT2D eigenvalue weighted by Gasteiger charge is -2.28. The third-order valence-electron chi connectivity index (χ3n) is 3.82. The van der Waals surface area contributed by atoms with E-state index in [1.54, 1.807) is 0 Å². The number of amides is 1. The first-order chi connectivity index (χ1) is 8.17. The van der Waals surface area contributed by atoms with E-state index in [9.17, 15) is 4.79 Å². The van der Waals surface area contributed by atoms with Crippen molar-refractivity contribution in [3.05, 3.63) is 0 Å². The molecule has 3 nitrogen and oxygen atoms in total. The Balaban J connectivity index is 2.27. The zero-order valence-corrected chi connectivity index (χ0v) is 11.7. The maximum absolute atomic E-state index is 11.9. The van der Waals surface area contributed by atoms with E-state index in [0.29, 0.717) is 6.54 Å². The van der Waals surface area contributed by atoms with Crippen molar-refractivity contribution in [2.75, 3.05) is 33.2 Å². The van der Waals surface area contributed by atoms with E-state index in [0.717, 1.165) is 25.6 Å². The first kappa shape index (κ1) is 14.5. The highest BCUT2D eigenvalue weighted by molar-refractivity contribution is 5.78. The Bertz CT molecular complexity index is 220. The number of carbonyl (C=O) groups excluding carboxylic acids is 1. The van der Waals surface area contributed by atoms with Crippen molar-refractivity contribution in [1.82, 2.24) is 9.80 Å². The minimum Gasteiger partial charge on any atom is -0.342 e. The molecule has 1 saturated carbocycles. The van der Waals surface area contributed by atoms with E-state index < -0.39 is 0 Å². The van der Waals surface area contributed by atoms with Crippen molar-refractivity contribution in [3.8, 4) is 0 Å². The Morgan fingerprint density at radius 3 is 2.24 bits per heavy atom. The Morgan fingerprint density at radius 1 is 1.12 bits per heavy atom. The van der Waals surface area contributed by atoms with Crippen LogP contribution in [0, 0.1) is 5.92 Å². The number of hydrogen-bond acceptors (Lipinski definition) is 2. The molecule has 0 radical (unpaired) electrons. The largest absolute Gasteiger partial charge is 0.342 e. The van der Waals surface area contributed by atoms with Crippen LogP contribution < -0.4 is 0 Å². The average molecular weight is 240 g/mol. The maximum Gasteiger partial charge on any atom is 0.236 e. The predicted octanol–water partition coefficient (Wildman–Crippen LogP) is 2.37. The van der Waals surface area contributed by atoms with Crippen LogP contribution in [-0.4, -0.2) is 48.9 Å². The number of carbonyl (C=O) groups is 1. The second-order valence-corrected chi connectivity index (χ2v) is 5.27. The average Bonchev–Trinajstić information content (AvgIpc) is 2.31. The number of nitrogens with zero attached hydrogens (tertiary/aromatic N) is 2. The number of hydrogen-bond donors (Lipinski definition) is 0. The maximum atomic E-state index is 11.9. The standard InChI is InChI=1S/C14H28N2O/c1-4-16(5-2)14(17)12-15(3)11-13-9-7-6-8-10-13/h13H,4-12H2,1-3H3. The van der Waals surface area contributed by atoms with Crippen molar-refractivity contribution in [2.45, 2.75) is 46.0 Å². The molecule has 0 atom stereocenters. The summed E-state index contributed by atoms with van der Waals surface area (Å²) in [5.41, 5.74) is 0. The van der Waals surface area contributed by atoms with Gasteiger partial charge in [-0.2, -0.15) is 0 Å². The van der Waals surface area contributed by atoms with E-state index in [-0.39, 0.29) is 5.91 Å². The highest BCUT2D eigenvalue weighted by Crippen LogP contribution is 2.23. The molecule has 1 rings (SSSR count). The zero-order chi connectivity index (χ0) is 12.7. The molecule has 0 bridgehead atoms. The normalized spacial score (nSPS) is 17.4. The quantitative estimate of drug-likeness (QED) is 0.711. The molecular formula is C14H28N2O. The Morgan fingerprint density at radius 2 is 1.71 bits per heavy atom. The molecule has 1 amide bonds. The van der Waals surface area contributed by atoms with Gasteiger partial charge in [0.1, 0.15) is 0 Å². The van der Waals surface area contributed by atoms with Crippen molar-refractivity contribution < 1.29 is 4.79 Å². The van der Waals surface area contributed by atoms with Gasteiger partial charge in [0, 0.05) is 19.6 Å². The molecule has 0 aromatic carbocycles. The van der Waals surface area contributed by atoms with Crippen LogP contribution in [0.25, 0.3) is 0 Å². The van der Waals surface area contributed by atoms with Crippen LogP contribution >= 0.6 is 0 Å². The van der Waals surface area contributed by atoms with E-state index >= 15 is 0 Å². The van der Waals surface area contributed by atoms with Crippen LogP contribution in [0.3, 0.4) is 0 Å². The molecule has 0 aliphatic heterocycles. The van der Waals surface area contributed by atoms with E-state index in [2.05, 4.69) is 11.9 Å². The number of likely N-dealkylation sites (N-methyl/N-ethyl adjacent to an activating group) is 2. The van der Waals surface area contributed by atoms with Crippen molar-refractivity contribution in [3.63, 3.8) is 0 Å². The second kappa shape index (κ2) is 7.70. The number of rotatable bonds is 6. The summed E-state index contributed by atoms with van der Waals surface area (Å²) in [6.45, 7) is 7.41. The molecule has 0 aromatic heterocycles. The summed E-state index contributed by atoms with van der Waals surface area (Å²) in [6.07, 6.45) is 6.86. The Labute approximate surface area is 106 Å². The molecule has 17 heavy (non-hydrogen) atoms. The first-order valence-corrected chi connectivity index (χ1v) is 7.13. The fraction of sp³-hybridized carbons (Fsp3) is 0.929. The molecule has 0 heterocycles.